The fourth-order valence-corrected chi connectivity index (χ4v) is 4.12. The fourth-order valence-electron chi connectivity index (χ4n) is 3.21. The summed E-state index contributed by atoms with van der Waals surface area (Å²) < 4.78 is 35.5. The predicted octanol–water partition coefficient (Wildman–Crippen LogP) is 3.84. The summed E-state index contributed by atoms with van der Waals surface area (Å²) in [6, 6.07) is 16.7. The number of ether oxygens (including phenoxy) is 1. The van der Waals surface area contributed by atoms with Gasteiger partial charge in [-0.3, -0.25) is 14.0 Å². The number of nitrogens with one attached hydrogen (secondary N) is 1. The van der Waals surface area contributed by atoms with Crippen LogP contribution in [0.1, 0.15) is 40.1 Å². The van der Waals surface area contributed by atoms with Crippen molar-refractivity contribution < 1.29 is 22.1 Å². The number of carbonyl (C=O) groups is 1. The number of aryl methyl sites for hydroxylation is 1. The molecule has 1 amide bonds. The van der Waals surface area contributed by atoms with Gasteiger partial charge in [-0.2, -0.15) is 8.42 Å². The lowest BCUT2D eigenvalue weighted by molar-refractivity contribution is 0.0934. The first-order valence-electron chi connectivity index (χ1n) is 10.1. The molecule has 1 aromatic heterocycles. The molecule has 0 bridgehead atoms. The number of pyridine rings is 1. The molecule has 168 valence electrons. The van der Waals surface area contributed by atoms with E-state index in [1.807, 2.05) is 26.0 Å². The average molecular weight is 455 g/mol. The lowest BCUT2D eigenvalue weighted by Crippen LogP contribution is -2.28. The Morgan fingerprint density at radius 2 is 1.84 bits per heavy atom. The lowest BCUT2D eigenvalue weighted by Gasteiger charge is -2.19. The minimum atomic E-state index is -3.85. The Balaban J connectivity index is 1.72. The second-order valence-electron chi connectivity index (χ2n) is 7.31. The van der Waals surface area contributed by atoms with Crippen molar-refractivity contribution in [3.63, 3.8) is 0 Å². The molecule has 2 aromatic carbocycles. The highest BCUT2D eigenvalue weighted by Gasteiger charge is 2.18. The van der Waals surface area contributed by atoms with Gasteiger partial charge in [-0.1, -0.05) is 29.8 Å². The molecule has 0 saturated carbocycles. The maximum absolute atomic E-state index is 12.5. The van der Waals surface area contributed by atoms with Gasteiger partial charge >= 0.3 is 0 Å². The highest BCUT2D eigenvalue weighted by molar-refractivity contribution is 7.86. The smallest absolute Gasteiger partial charge is 0.296 e. The van der Waals surface area contributed by atoms with Crippen LogP contribution in [0.5, 0.6) is 5.75 Å². The van der Waals surface area contributed by atoms with Gasteiger partial charge in [0.1, 0.15) is 11.4 Å². The van der Waals surface area contributed by atoms with Gasteiger partial charge in [0.2, 0.25) is 0 Å². The minimum Gasteiger partial charge on any atom is -0.497 e. The fraction of sp³-hybridized carbons (Fsp3) is 0.250. The molecule has 0 aliphatic rings. The first-order valence-corrected chi connectivity index (χ1v) is 11.6. The zero-order valence-corrected chi connectivity index (χ0v) is 19.1. The van der Waals surface area contributed by atoms with Crippen molar-refractivity contribution in [3.8, 4) is 5.75 Å². The van der Waals surface area contributed by atoms with Crippen LogP contribution in [0.15, 0.2) is 71.8 Å². The van der Waals surface area contributed by atoms with Crippen LogP contribution in [0.3, 0.4) is 0 Å². The van der Waals surface area contributed by atoms with E-state index in [2.05, 4.69) is 10.3 Å². The number of hydrogen-bond donors (Lipinski definition) is 1. The van der Waals surface area contributed by atoms with Crippen molar-refractivity contribution in [2.75, 3.05) is 13.7 Å². The number of rotatable bonds is 9. The van der Waals surface area contributed by atoms with E-state index >= 15 is 0 Å². The highest BCUT2D eigenvalue weighted by Crippen LogP contribution is 2.25. The number of methoxy groups -OCH3 is 1. The van der Waals surface area contributed by atoms with Crippen molar-refractivity contribution in [1.29, 1.82) is 0 Å². The van der Waals surface area contributed by atoms with Crippen molar-refractivity contribution in [1.82, 2.24) is 10.3 Å². The summed E-state index contributed by atoms with van der Waals surface area (Å²) in [5.41, 5.74) is 2.94. The molecule has 3 aromatic rings. The normalized spacial score (nSPS) is 12.2. The Kier molecular flexibility index (Phi) is 7.61. The SMILES string of the molecule is COc1ccc(CCOS(=O)(=O)c2ccc(C)cc2)c([C@H](C)NC(=O)c2ccccn2)c1. The van der Waals surface area contributed by atoms with E-state index < -0.39 is 10.1 Å². The van der Waals surface area contributed by atoms with Crippen molar-refractivity contribution in [3.05, 3.63) is 89.2 Å². The molecule has 0 saturated heterocycles. The molecule has 0 spiro atoms. The number of amides is 1. The largest absolute Gasteiger partial charge is 0.497 e. The van der Waals surface area contributed by atoms with Crippen LogP contribution in [0.2, 0.25) is 0 Å². The minimum absolute atomic E-state index is 0.0313. The third kappa shape index (κ3) is 5.93. The van der Waals surface area contributed by atoms with Gasteiger partial charge in [0.25, 0.3) is 16.0 Å². The summed E-state index contributed by atoms with van der Waals surface area (Å²) in [4.78, 5) is 16.7. The van der Waals surface area contributed by atoms with E-state index in [4.69, 9.17) is 8.92 Å². The van der Waals surface area contributed by atoms with E-state index in [1.165, 1.54) is 12.1 Å². The van der Waals surface area contributed by atoms with Crippen LogP contribution < -0.4 is 10.1 Å². The lowest BCUT2D eigenvalue weighted by atomic mass is 9.98. The molecule has 1 atom stereocenters. The summed E-state index contributed by atoms with van der Waals surface area (Å²) in [7, 11) is -2.29. The van der Waals surface area contributed by atoms with Gasteiger partial charge in [-0.25, -0.2) is 0 Å². The van der Waals surface area contributed by atoms with Crippen LogP contribution in [0.4, 0.5) is 0 Å². The standard InChI is InChI=1S/C24H26N2O5S/c1-17-7-11-21(12-8-17)32(28,29)31-15-13-19-9-10-20(30-3)16-22(19)18(2)26-24(27)23-6-4-5-14-25-23/h4-12,14,16,18H,13,15H2,1-3H3,(H,26,27)/t18-/m0/s1. The summed E-state index contributed by atoms with van der Waals surface area (Å²) in [5.74, 6) is 0.334. The monoisotopic (exact) mass is 454 g/mol. The summed E-state index contributed by atoms with van der Waals surface area (Å²) in [6.07, 6.45) is 1.90. The highest BCUT2D eigenvalue weighted by atomic mass is 32.2. The van der Waals surface area contributed by atoms with Crippen molar-refractivity contribution in [2.24, 2.45) is 0 Å². The molecular formula is C24H26N2O5S. The van der Waals surface area contributed by atoms with Gasteiger partial charge in [0.15, 0.2) is 0 Å². The topological polar surface area (TPSA) is 94.6 Å². The number of nitrogens with zero attached hydrogens (tertiary/aromatic N) is 1. The Labute approximate surface area is 188 Å². The van der Waals surface area contributed by atoms with Crippen LogP contribution >= 0.6 is 0 Å². The molecule has 3 rings (SSSR count). The zero-order valence-electron chi connectivity index (χ0n) is 18.2. The summed E-state index contributed by atoms with van der Waals surface area (Å²) >= 11 is 0. The zero-order chi connectivity index (χ0) is 23.1. The van der Waals surface area contributed by atoms with Crippen LogP contribution in [0, 0.1) is 6.92 Å². The Morgan fingerprint density at radius 3 is 2.50 bits per heavy atom. The first kappa shape index (κ1) is 23.4. The molecule has 0 aliphatic carbocycles. The van der Waals surface area contributed by atoms with Crippen LogP contribution in [0.25, 0.3) is 0 Å². The van der Waals surface area contributed by atoms with Gasteiger partial charge in [-0.05, 0) is 67.8 Å². The van der Waals surface area contributed by atoms with Crippen LogP contribution in [-0.4, -0.2) is 33.0 Å². The third-order valence-electron chi connectivity index (χ3n) is 4.98. The summed E-state index contributed by atoms with van der Waals surface area (Å²) in [6.45, 7) is 3.70. The van der Waals surface area contributed by atoms with Crippen molar-refractivity contribution in [2.45, 2.75) is 31.2 Å². The Bertz CT molecular complexity index is 1160. The number of carbonyl (C=O) groups excluding carboxylic acids is 1. The molecule has 0 aliphatic heterocycles. The number of benzene rings is 2. The maximum Gasteiger partial charge on any atom is 0.296 e. The Morgan fingerprint density at radius 1 is 1.09 bits per heavy atom. The van der Waals surface area contributed by atoms with Crippen LogP contribution in [-0.2, 0) is 20.7 Å². The third-order valence-corrected chi connectivity index (χ3v) is 6.31. The summed E-state index contributed by atoms with van der Waals surface area (Å²) in [5, 5.41) is 2.93. The molecule has 0 unspecified atom stereocenters. The van der Waals surface area contributed by atoms with Crippen molar-refractivity contribution >= 4 is 16.0 Å². The van der Waals surface area contributed by atoms with E-state index in [0.29, 0.717) is 17.9 Å². The molecule has 1 N–H and O–H groups in total. The van der Waals surface area contributed by atoms with Gasteiger partial charge in [0, 0.05) is 6.20 Å². The van der Waals surface area contributed by atoms with Gasteiger partial charge in [-0.15, -0.1) is 0 Å². The molecule has 7 nitrogen and oxygen atoms in total. The van der Waals surface area contributed by atoms with E-state index in [0.717, 1.165) is 16.7 Å². The molecule has 32 heavy (non-hydrogen) atoms. The first-order chi connectivity index (χ1) is 15.3. The van der Waals surface area contributed by atoms with Gasteiger partial charge in [0.05, 0.1) is 24.7 Å². The molecular weight excluding hydrogens is 428 g/mol. The molecule has 0 radical (unpaired) electrons. The van der Waals surface area contributed by atoms with E-state index in [-0.39, 0.29) is 23.5 Å². The second kappa shape index (κ2) is 10.4. The average Bonchev–Trinajstić information content (AvgIpc) is 2.80. The number of hydrogen-bond acceptors (Lipinski definition) is 6. The predicted molar refractivity (Wildman–Crippen MR) is 121 cm³/mol. The maximum atomic E-state index is 12.5. The van der Waals surface area contributed by atoms with Gasteiger partial charge < -0.3 is 10.1 Å². The van der Waals surface area contributed by atoms with E-state index in [9.17, 15) is 13.2 Å². The second-order valence-corrected chi connectivity index (χ2v) is 8.93. The quantitative estimate of drug-likeness (QED) is 0.494. The number of aromatic nitrogens is 1. The molecule has 1 heterocycles. The molecule has 0 fully saturated rings. The molecule has 8 heteroatoms. The van der Waals surface area contributed by atoms with E-state index in [1.54, 1.807) is 49.7 Å². The Hall–Kier alpha value is -3.23.